The van der Waals surface area contributed by atoms with Crippen molar-refractivity contribution in [3.8, 4) is 0 Å². The van der Waals surface area contributed by atoms with Crippen molar-refractivity contribution < 1.29 is 0 Å². The van der Waals surface area contributed by atoms with Crippen LogP contribution in [0.5, 0.6) is 0 Å². The lowest BCUT2D eigenvalue weighted by molar-refractivity contribution is 0.0252. The lowest BCUT2D eigenvalue weighted by Crippen LogP contribution is -2.51. The van der Waals surface area contributed by atoms with Crippen LogP contribution in [0.2, 0.25) is 0 Å². The molecule has 3 atom stereocenters. The second-order valence-corrected chi connectivity index (χ2v) is 6.64. The normalized spacial score (nSPS) is 39.5. The fraction of sp³-hybridized carbons (Fsp3) is 1.00. The summed E-state index contributed by atoms with van der Waals surface area (Å²) < 4.78 is 0. The first-order chi connectivity index (χ1) is 8.60. The fourth-order valence-electron chi connectivity index (χ4n) is 4.49. The average molecular weight is 252 g/mol. The van der Waals surface area contributed by atoms with Crippen LogP contribution in [-0.4, -0.2) is 41.1 Å². The van der Waals surface area contributed by atoms with Crippen molar-refractivity contribution in [3.63, 3.8) is 0 Å². The Kier molecular flexibility index (Phi) is 4.38. The monoisotopic (exact) mass is 252 g/mol. The largest absolute Gasteiger partial charge is 0.287 e. The first kappa shape index (κ1) is 14.3. The lowest BCUT2D eigenvalue weighted by atomic mass is 9.93. The van der Waals surface area contributed by atoms with Crippen LogP contribution in [0, 0.1) is 5.92 Å². The van der Waals surface area contributed by atoms with E-state index in [-0.39, 0.29) is 0 Å². The summed E-state index contributed by atoms with van der Waals surface area (Å²) in [5.74, 6) is 1.01. The zero-order valence-corrected chi connectivity index (χ0v) is 13.1. The Bertz CT molecular complexity index is 274. The van der Waals surface area contributed by atoms with E-state index in [9.17, 15) is 0 Å². The standard InChI is InChI=1S/C14H26N2.C2H6/c1-14(2)15(3)10-12-9-11-7-5-4-6-8-13(11)16(12)14;1-2/h11-13H,4-10H2,1-3H3;1-2H3/t11-,12-,13+;/m0./s1. The Morgan fingerprint density at radius 2 is 1.67 bits per heavy atom. The maximum Gasteiger partial charge on any atom is 0.0683 e. The van der Waals surface area contributed by atoms with Gasteiger partial charge in [0.25, 0.3) is 0 Å². The van der Waals surface area contributed by atoms with E-state index in [1.54, 1.807) is 0 Å². The SMILES string of the molecule is CC.CN1C[C@@H]2C[C@@H]3CCCCC[C@H]3N2C1(C)C. The second-order valence-electron chi connectivity index (χ2n) is 6.64. The summed E-state index contributed by atoms with van der Waals surface area (Å²) in [7, 11) is 2.30. The molecule has 18 heavy (non-hydrogen) atoms. The molecule has 0 aromatic carbocycles. The molecule has 0 bridgehead atoms. The molecule has 0 aromatic heterocycles. The van der Waals surface area contributed by atoms with Gasteiger partial charge in [-0.3, -0.25) is 9.80 Å². The Balaban J connectivity index is 0.000000574. The smallest absolute Gasteiger partial charge is 0.0683 e. The van der Waals surface area contributed by atoms with Crippen LogP contribution in [0.25, 0.3) is 0 Å². The van der Waals surface area contributed by atoms with Crippen molar-refractivity contribution in [2.45, 2.75) is 84.0 Å². The lowest BCUT2D eigenvalue weighted by Gasteiger charge is -2.40. The van der Waals surface area contributed by atoms with E-state index in [2.05, 4.69) is 30.7 Å². The summed E-state index contributed by atoms with van der Waals surface area (Å²) in [5.41, 5.74) is 0.300. The molecule has 106 valence electrons. The molecular weight excluding hydrogens is 220 g/mol. The van der Waals surface area contributed by atoms with E-state index in [1.807, 2.05) is 13.8 Å². The number of nitrogens with zero attached hydrogens (tertiary/aromatic N) is 2. The molecule has 0 unspecified atom stereocenters. The first-order valence-corrected chi connectivity index (χ1v) is 8.10. The van der Waals surface area contributed by atoms with Crippen molar-refractivity contribution in [3.05, 3.63) is 0 Å². The van der Waals surface area contributed by atoms with E-state index in [0.29, 0.717) is 5.66 Å². The third-order valence-electron chi connectivity index (χ3n) is 5.50. The summed E-state index contributed by atoms with van der Waals surface area (Å²) in [4.78, 5) is 5.42. The quantitative estimate of drug-likeness (QED) is 0.648. The Hall–Kier alpha value is -0.0800. The topological polar surface area (TPSA) is 6.48 Å². The second kappa shape index (κ2) is 5.50. The maximum atomic E-state index is 2.86. The molecular formula is C16H32N2. The molecule has 0 spiro atoms. The Morgan fingerprint density at radius 3 is 2.39 bits per heavy atom. The van der Waals surface area contributed by atoms with Crippen LogP contribution in [0.1, 0.15) is 66.2 Å². The molecule has 1 saturated carbocycles. The maximum absolute atomic E-state index is 2.86. The highest BCUT2D eigenvalue weighted by Crippen LogP contribution is 2.46. The predicted octanol–water partition coefficient (Wildman–Crippen LogP) is 3.72. The van der Waals surface area contributed by atoms with Gasteiger partial charge in [0.05, 0.1) is 5.66 Å². The summed E-state index contributed by atoms with van der Waals surface area (Å²) in [6.07, 6.45) is 8.85. The number of hydrogen-bond donors (Lipinski definition) is 0. The Morgan fingerprint density at radius 1 is 1.00 bits per heavy atom. The minimum absolute atomic E-state index is 0.300. The molecule has 0 amide bonds. The summed E-state index contributed by atoms with van der Waals surface area (Å²) in [6, 6.07) is 1.75. The molecule has 0 aromatic rings. The molecule has 3 aliphatic rings. The van der Waals surface area contributed by atoms with Gasteiger partial charge >= 0.3 is 0 Å². The Labute approximate surface area is 114 Å². The minimum atomic E-state index is 0.300. The molecule has 0 N–H and O–H groups in total. The summed E-state index contributed by atoms with van der Waals surface area (Å²) in [6.45, 7) is 10.1. The molecule has 2 heteroatoms. The van der Waals surface area contributed by atoms with Gasteiger partial charge in [-0.1, -0.05) is 33.1 Å². The van der Waals surface area contributed by atoms with E-state index in [0.717, 1.165) is 18.0 Å². The molecule has 2 nitrogen and oxygen atoms in total. The van der Waals surface area contributed by atoms with Crippen LogP contribution >= 0.6 is 0 Å². The number of hydrogen-bond acceptors (Lipinski definition) is 2. The van der Waals surface area contributed by atoms with Crippen LogP contribution in [0.3, 0.4) is 0 Å². The molecule has 3 rings (SSSR count). The highest BCUT2D eigenvalue weighted by molar-refractivity contribution is 5.06. The molecule has 1 aliphatic carbocycles. The third kappa shape index (κ3) is 2.22. The molecule has 2 heterocycles. The average Bonchev–Trinajstić information content (AvgIpc) is 2.68. The molecule has 0 radical (unpaired) electrons. The highest BCUT2D eigenvalue weighted by Gasteiger charge is 2.53. The number of likely N-dealkylation sites (N-methyl/N-ethyl adjacent to an activating group) is 1. The zero-order valence-electron chi connectivity index (χ0n) is 13.1. The van der Waals surface area contributed by atoms with Crippen molar-refractivity contribution >= 4 is 0 Å². The molecule has 2 aliphatic heterocycles. The summed E-state index contributed by atoms with van der Waals surface area (Å²) >= 11 is 0. The highest BCUT2D eigenvalue weighted by atomic mass is 15.5. The van der Waals surface area contributed by atoms with E-state index >= 15 is 0 Å². The van der Waals surface area contributed by atoms with Gasteiger partial charge in [0, 0.05) is 18.6 Å². The van der Waals surface area contributed by atoms with Gasteiger partial charge in [-0.25, -0.2) is 0 Å². The van der Waals surface area contributed by atoms with Gasteiger partial charge in [-0.05, 0) is 46.1 Å². The molecule has 3 fully saturated rings. The van der Waals surface area contributed by atoms with E-state index < -0.39 is 0 Å². The first-order valence-electron chi connectivity index (χ1n) is 8.10. The van der Waals surface area contributed by atoms with Crippen LogP contribution in [0.4, 0.5) is 0 Å². The minimum Gasteiger partial charge on any atom is -0.287 e. The fourth-order valence-corrected chi connectivity index (χ4v) is 4.49. The van der Waals surface area contributed by atoms with Crippen molar-refractivity contribution in [1.82, 2.24) is 9.80 Å². The third-order valence-corrected chi connectivity index (χ3v) is 5.50. The van der Waals surface area contributed by atoms with Gasteiger partial charge < -0.3 is 0 Å². The van der Waals surface area contributed by atoms with Gasteiger partial charge in [-0.2, -0.15) is 0 Å². The van der Waals surface area contributed by atoms with Crippen LogP contribution < -0.4 is 0 Å². The number of fused-ring (bicyclic) bond motifs is 3. The van der Waals surface area contributed by atoms with Crippen molar-refractivity contribution in [1.29, 1.82) is 0 Å². The van der Waals surface area contributed by atoms with Crippen LogP contribution in [0.15, 0.2) is 0 Å². The molecule has 2 saturated heterocycles. The van der Waals surface area contributed by atoms with E-state index in [1.165, 1.54) is 45.1 Å². The van der Waals surface area contributed by atoms with Gasteiger partial charge in [-0.15, -0.1) is 0 Å². The number of rotatable bonds is 0. The van der Waals surface area contributed by atoms with Crippen molar-refractivity contribution in [2.75, 3.05) is 13.6 Å². The van der Waals surface area contributed by atoms with Crippen molar-refractivity contribution in [2.24, 2.45) is 5.92 Å². The van der Waals surface area contributed by atoms with Gasteiger partial charge in [0.15, 0.2) is 0 Å². The van der Waals surface area contributed by atoms with E-state index in [4.69, 9.17) is 0 Å². The zero-order chi connectivity index (χ0) is 13.3. The van der Waals surface area contributed by atoms with Gasteiger partial charge in [0.2, 0.25) is 0 Å². The summed E-state index contributed by atoms with van der Waals surface area (Å²) in [5, 5.41) is 0. The van der Waals surface area contributed by atoms with Gasteiger partial charge in [0.1, 0.15) is 0 Å². The van der Waals surface area contributed by atoms with Crippen LogP contribution in [-0.2, 0) is 0 Å². The predicted molar refractivity (Wildman–Crippen MR) is 78.7 cm³/mol.